The van der Waals surface area contributed by atoms with E-state index in [4.69, 9.17) is 0 Å². The summed E-state index contributed by atoms with van der Waals surface area (Å²) in [5.74, 6) is -1.13. The van der Waals surface area contributed by atoms with Gasteiger partial charge >= 0.3 is 0 Å². The molecule has 10 heteroatoms. The number of benzene rings is 2. The van der Waals surface area contributed by atoms with Gasteiger partial charge in [-0.3, -0.25) is 4.68 Å². The smallest absolute Gasteiger partial charge is 0.251 e. The molecule has 0 atom stereocenters. The minimum absolute atomic E-state index is 0.0977. The number of hydrogen-bond donors (Lipinski definition) is 1. The quantitative estimate of drug-likeness (QED) is 0.489. The highest BCUT2D eigenvalue weighted by molar-refractivity contribution is 7.89. The summed E-state index contributed by atoms with van der Waals surface area (Å²) in [6.45, 7) is 5.74. The molecule has 1 aliphatic rings. The summed E-state index contributed by atoms with van der Waals surface area (Å²) >= 11 is 0. The molecule has 5 rings (SSSR count). The number of halogens is 2. The van der Waals surface area contributed by atoms with E-state index < -0.39 is 27.2 Å². The summed E-state index contributed by atoms with van der Waals surface area (Å²) in [5.41, 5.74) is 3.79. The number of hydrogen-bond acceptors (Lipinski definition) is 5. The molecular weight excluding hydrogens is 436 g/mol. The summed E-state index contributed by atoms with van der Waals surface area (Å²) < 4.78 is 56.7. The van der Waals surface area contributed by atoms with Crippen molar-refractivity contribution in [3.8, 4) is 22.4 Å². The normalized spacial score (nSPS) is 14.8. The Morgan fingerprint density at radius 1 is 1.06 bits per heavy atom. The van der Waals surface area contributed by atoms with Gasteiger partial charge in [0.05, 0.1) is 41.1 Å². The Bertz CT molecular complexity index is 1550. The highest BCUT2D eigenvalue weighted by atomic mass is 32.2. The van der Waals surface area contributed by atoms with Gasteiger partial charge in [-0.25, -0.2) is 17.2 Å². The van der Waals surface area contributed by atoms with Crippen LogP contribution in [0.25, 0.3) is 33.3 Å². The zero-order valence-corrected chi connectivity index (χ0v) is 19.0. The third kappa shape index (κ3) is 2.78. The SMILES string of the molecule is Cc1c(-c2cc(F)cc3c2cnn3S(C)(=O)=O)cc(F)c2c1-c1c(cnn1C)C(C)(C)N2. The van der Waals surface area contributed by atoms with Gasteiger partial charge in [0.15, 0.2) is 0 Å². The van der Waals surface area contributed by atoms with Crippen LogP contribution in [0.2, 0.25) is 0 Å². The van der Waals surface area contributed by atoms with E-state index in [9.17, 15) is 12.8 Å². The molecule has 0 saturated carbocycles. The molecule has 3 heterocycles. The van der Waals surface area contributed by atoms with E-state index >= 15 is 4.39 Å². The standard InChI is InChI=1S/C22H21F2N5O2S/c1-11-13(14-6-12(23)7-18-15(14)9-26-29(18)32(5,30)31)8-17(24)20-19(11)21-16(10-25-28(21)4)22(2,3)27-20/h6-10,27H,1-5H3. The zero-order chi connectivity index (χ0) is 23.2. The predicted molar refractivity (Wildman–Crippen MR) is 119 cm³/mol. The zero-order valence-electron chi connectivity index (χ0n) is 18.2. The molecular formula is C22H21F2N5O2S. The van der Waals surface area contributed by atoms with E-state index in [1.807, 2.05) is 20.8 Å². The van der Waals surface area contributed by atoms with Gasteiger partial charge in [-0.2, -0.15) is 14.3 Å². The molecule has 4 aromatic rings. The van der Waals surface area contributed by atoms with Crippen LogP contribution in [0.4, 0.5) is 14.5 Å². The fraction of sp³-hybridized carbons (Fsp3) is 0.273. The molecule has 32 heavy (non-hydrogen) atoms. The predicted octanol–water partition coefficient (Wildman–Crippen LogP) is 4.16. The second kappa shape index (κ2) is 6.38. The number of nitrogens with zero attached hydrogens (tertiary/aromatic N) is 4. The second-order valence-electron chi connectivity index (χ2n) is 8.70. The number of anilines is 1. The molecule has 1 N–H and O–H groups in total. The van der Waals surface area contributed by atoms with Crippen molar-refractivity contribution < 1.29 is 17.2 Å². The Kier molecular flexibility index (Phi) is 4.11. The topological polar surface area (TPSA) is 81.8 Å². The van der Waals surface area contributed by atoms with Gasteiger partial charge in [0, 0.05) is 29.6 Å². The van der Waals surface area contributed by atoms with Crippen molar-refractivity contribution in [1.29, 1.82) is 0 Å². The first-order valence-electron chi connectivity index (χ1n) is 9.92. The molecule has 1 aliphatic heterocycles. The molecule has 166 valence electrons. The van der Waals surface area contributed by atoms with Crippen molar-refractivity contribution in [1.82, 2.24) is 19.0 Å². The maximum atomic E-state index is 15.5. The van der Waals surface area contributed by atoms with Gasteiger partial charge in [0.2, 0.25) is 0 Å². The van der Waals surface area contributed by atoms with Crippen LogP contribution >= 0.6 is 0 Å². The Morgan fingerprint density at radius 3 is 2.47 bits per heavy atom. The average Bonchev–Trinajstić information content (AvgIpc) is 3.28. The van der Waals surface area contributed by atoms with Crippen LogP contribution in [-0.4, -0.2) is 33.6 Å². The van der Waals surface area contributed by atoms with Crippen molar-refractivity contribution in [3.05, 3.63) is 53.4 Å². The Hall–Kier alpha value is -3.27. The lowest BCUT2D eigenvalue weighted by Crippen LogP contribution is -2.32. The molecule has 0 aliphatic carbocycles. The fourth-order valence-corrected chi connectivity index (χ4v) is 5.30. The van der Waals surface area contributed by atoms with Gasteiger partial charge in [-0.1, -0.05) is 0 Å². The fourth-order valence-electron chi connectivity index (χ4n) is 4.57. The number of fused-ring (bicyclic) bond motifs is 4. The molecule has 0 unspecified atom stereocenters. The molecule has 0 bridgehead atoms. The first kappa shape index (κ1) is 20.6. The minimum Gasteiger partial charge on any atom is -0.373 e. The molecule has 0 amide bonds. The summed E-state index contributed by atoms with van der Waals surface area (Å²) in [6, 6.07) is 3.74. The van der Waals surface area contributed by atoms with Gasteiger partial charge in [-0.15, -0.1) is 0 Å². The van der Waals surface area contributed by atoms with Crippen LogP contribution in [-0.2, 0) is 22.6 Å². The second-order valence-corrected chi connectivity index (χ2v) is 10.5. The molecule has 0 radical (unpaired) electrons. The lowest BCUT2D eigenvalue weighted by Gasteiger charge is -2.35. The lowest BCUT2D eigenvalue weighted by atomic mass is 9.83. The monoisotopic (exact) mass is 457 g/mol. The van der Waals surface area contributed by atoms with E-state index in [0.717, 1.165) is 27.7 Å². The van der Waals surface area contributed by atoms with E-state index in [1.165, 1.54) is 18.3 Å². The van der Waals surface area contributed by atoms with Crippen LogP contribution in [0.3, 0.4) is 0 Å². The first-order chi connectivity index (χ1) is 14.9. The highest BCUT2D eigenvalue weighted by Crippen LogP contribution is 2.48. The van der Waals surface area contributed by atoms with E-state index in [2.05, 4.69) is 15.5 Å². The summed E-state index contributed by atoms with van der Waals surface area (Å²) in [4.78, 5) is 0. The molecule has 0 saturated heterocycles. The molecule has 0 fully saturated rings. The molecule has 2 aromatic carbocycles. The maximum absolute atomic E-state index is 15.5. The minimum atomic E-state index is -3.74. The number of nitrogens with one attached hydrogen (secondary N) is 1. The van der Waals surface area contributed by atoms with Gasteiger partial charge in [-0.05, 0) is 49.6 Å². The van der Waals surface area contributed by atoms with E-state index in [1.54, 1.807) is 17.9 Å². The van der Waals surface area contributed by atoms with E-state index in [-0.39, 0.29) is 5.52 Å². The van der Waals surface area contributed by atoms with Crippen LogP contribution in [0.15, 0.2) is 30.6 Å². The third-order valence-corrected chi connectivity index (χ3v) is 6.97. The molecule has 7 nitrogen and oxygen atoms in total. The highest BCUT2D eigenvalue weighted by Gasteiger charge is 2.36. The summed E-state index contributed by atoms with van der Waals surface area (Å²) in [5, 5.41) is 12.0. The Morgan fingerprint density at radius 2 is 1.78 bits per heavy atom. The van der Waals surface area contributed by atoms with Crippen molar-refractivity contribution in [2.24, 2.45) is 7.05 Å². The van der Waals surface area contributed by atoms with Crippen molar-refractivity contribution in [3.63, 3.8) is 0 Å². The largest absolute Gasteiger partial charge is 0.373 e. The van der Waals surface area contributed by atoms with Crippen molar-refractivity contribution >= 4 is 26.6 Å². The van der Waals surface area contributed by atoms with Crippen LogP contribution < -0.4 is 5.32 Å². The lowest BCUT2D eigenvalue weighted by molar-refractivity contribution is 0.578. The maximum Gasteiger partial charge on any atom is 0.251 e. The molecule has 2 aromatic heterocycles. The molecule has 0 spiro atoms. The number of aryl methyl sites for hydroxylation is 1. The van der Waals surface area contributed by atoms with Crippen LogP contribution in [0.5, 0.6) is 0 Å². The van der Waals surface area contributed by atoms with Crippen molar-refractivity contribution in [2.75, 3.05) is 11.6 Å². The van der Waals surface area contributed by atoms with Crippen molar-refractivity contribution in [2.45, 2.75) is 26.3 Å². The Labute approximate surface area is 183 Å². The Balaban J connectivity index is 1.86. The van der Waals surface area contributed by atoms with Crippen LogP contribution in [0, 0.1) is 18.6 Å². The average molecular weight is 458 g/mol. The summed E-state index contributed by atoms with van der Waals surface area (Å²) in [6.07, 6.45) is 4.11. The number of aromatic nitrogens is 4. The first-order valence-corrected chi connectivity index (χ1v) is 11.8. The van der Waals surface area contributed by atoms with Gasteiger partial charge in [0.1, 0.15) is 11.6 Å². The summed E-state index contributed by atoms with van der Waals surface area (Å²) in [7, 11) is -1.95. The third-order valence-electron chi connectivity index (χ3n) is 6.05. The van der Waals surface area contributed by atoms with Crippen LogP contribution in [0.1, 0.15) is 25.0 Å². The van der Waals surface area contributed by atoms with Gasteiger partial charge < -0.3 is 5.32 Å². The number of rotatable bonds is 2. The van der Waals surface area contributed by atoms with E-state index in [0.29, 0.717) is 33.3 Å². The van der Waals surface area contributed by atoms with Gasteiger partial charge in [0.25, 0.3) is 10.0 Å².